The quantitative estimate of drug-likeness (QED) is 0.779. The summed E-state index contributed by atoms with van der Waals surface area (Å²) < 4.78 is 1.90. The zero-order valence-corrected chi connectivity index (χ0v) is 12.7. The molecule has 0 aliphatic rings. The van der Waals surface area contributed by atoms with Crippen molar-refractivity contribution in [3.05, 3.63) is 77.9 Å². The summed E-state index contributed by atoms with van der Waals surface area (Å²) in [6, 6.07) is 13.0. The predicted octanol–water partition coefficient (Wildman–Crippen LogP) is 2.82. The van der Waals surface area contributed by atoms with Crippen LogP contribution in [0.4, 0.5) is 0 Å². The third kappa shape index (κ3) is 3.23. The van der Waals surface area contributed by atoms with Crippen LogP contribution in [0.1, 0.15) is 21.5 Å². The van der Waals surface area contributed by atoms with E-state index in [1.807, 2.05) is 35.0 Å². The zero-order chi connectivity index (χ0) is 16.2. The molecule has 0 radical (unpaired) electrons. The van der Waals surface area contributed by atoms with Gasteiger partial charge in [-0.2, -0.15) is 0 Å². The Balaban J connectivity index is 1.72. The summed E-state index contributed by atoms with van der Waals surface area (Å²) in [5, 5.41) is 12.8. The lowest BCUT2D eigenvalue weighted by Crippen LogP contribution is -2.23. The molecule has 0 saturated heterocycles. The third-order valence-corrected chi connectivity index (χ3v) is 3.65. The van der Waals surface area contributed by atoms with E-state index in [9.17, 15) is 9.90 Å². The number of aromatic nitrogens is 2. The van der Waals surface area contributed by atoms with Crippen LogP contribution < -0.4 is 5.32 Å². The Bertz CT molecular complexity index is 826. The molecule has 0 spiro atoms. The van der Waals surface area contributed by atoms with Crippen LogP contribution in [0.3, 0.4) is 0 Å². The van der Waals surface area contributed by atoms with E-state index in [2.05, 4.69) is 10.3 Å². The molecule has 5 heteroatoms. The standard InChI is InChI=1S/C18H17N3O2/c1-13-4-2-7-16(17(13)22)18(23)20-11-14-5-3-6-15(10-14)21-9-8-19-12-21/h2-10,12,22H,11H2,1H3,(H,20,23). The number of hydrogen-bond acceptors (Lipinski definition) is 3. The molecular formula is C18H17N3O2. The molecule has 2 N–H and O–H groups in total. The van der Waals surface area contributed by atoms with Crippen LogP contribution in [-0.4, -0.2) is 20.6 Å². The topological polar surface area (TPSA) is 67.2 Å². The number of nitrogens with zero attached hydrogens (tertiary/aromatic N) is 2. The van der Waals surface area contributed by atoms with Crippen molar-refractivity contribution < 1.29 is 9.90 Å². The number of aromatic hydroxyl groups is 1. The number of aryl methyl sites for hydroxylation is 1. The summed E-state index contributed by atoms with van der Waals surface area (Å²) >= 11 is 0. The van der Waals surface area contributed by atoms with Crippen LogP contribution in [-0.2, 0) is 6.54 Å². The SMILES string of the molecule is Cc1cccc(C(=O)NCc2cccc(-n3ccnc3)c2)c1O. The summed E-state index contributed by atoms with van der Waals surface area (Å²) in [5.74, 6) is -0.267. The number of imidazole rings is 1. The van der Waals surface area contributed by atoms with Gasteiger partial charge in [0, 0.05) is 24.6 Å². The van der Waals surface area contributed by atoms with Crippen molar-refractivity contribution in [1.29, 1.82) is 0 Å². The lowest BCUT2D eigenvalue weighted by Gasteiger charge is -2.09. The molecule has 1 aromatic heterocycles. The first-order valence-corrected chi connectivity index (χ1v) is 7.29. The molecule has 1 heterocycles. The van der Waals surface area contributed by atoms with Gasteiger partial charge in [-0.15, -0.1) is 0 Å². The summed E-state index contributed by atoms with van der Waals surface area (Å²) in [7, 11) is 0. The van der Waals surface area contributed by atoms with Crippen LogP contribution >= 0.6 is 0 Å². The van der Waals surface area contributed by atoms with E-state index in [1.165, 1.54) is 0 Å². The molecule has 0 unspecified atom stereocenters. The normalized spacial score (nSPS) is 10.5. The Hall–Kier alpha value is -3.08. The molecule has 2 aromatic carbocycles. The van der Waals surface area contributed by atoms with E-state index in [-0.39, 0.29) is 17.2 Å². The minimum Gasteiger partial charge on any atom is -0.507 e. The van der Waals surface area contributed by atoms with Crippen LogP contribution in [0.5, 0.6) is 5.75 Å². The number of carbonyl (C=O) groups is 1. The Kier molecular flexibility index (Phi) is 4.10. The van der Waals surface area contributed by atoms with Gasteiger partial charge in [0.2, 0.25) is 0 Å². The Morgan fingerprint density at radius 3 is 2.87 bits per heavy atom. The van der Waals surface area contributed by atoms with Crippen molar-refractivity contribution in [2.24, 2.45) is 0 Å². The summed E-state index contributed by atoms with van der Waals surface area (Å²) in [4.78, 5) is 16.2. The number of amides is 1. The smallest absolute Gasteiger partial charge is 0.255 e. The number of para-hydroxylation sites is 1. The number of benzene rings is 2. The predicted molar refractivity (Wildman–Crippen MR) is 87.6 cm³/mol. The Labute approximate surface area is 134 Å². The second-order valence-corrected chi connectivity index (χ2v) is 5.29. The first-order valence-electron chi connectivity index (χ1n) is 7.29. The third-order valence-electron chi connectivity index (χ3n) is 3.65. The molecule has 0 fully saturated rings. The van der Waals surface area contributed by atoms with E-state index >= 15 is 0 Å². The van der Waals surface area contributed by atoms with Gasteiger partial charge in [0.05, 0.1) is 11.9 Å². The van der Waals surface area contributed by atoms with Gasteiger partial charge >= 0.3 is 0 Å². The maximum absolute atomic E-state index is 12.2. The van der Waals surface area contributed by atoms with Crippen LogP contribution in [0.15, 0.2) is 61.2 Å². The second-order valence-electron chi connectivity index (χ2n) is 5.29. The second kappa shape index (κ2) is 6.36. The van der Waals surface area contributed by atoms with E-state index in [1.54, 1.807) is 37.6 Å². The highest BCUT2D eigenvalue weighted by Gasteiger charge is 2.12. The molecular weight excluding hydrogens is 290 g/mol. The number of phenols is 1. The molecule has 116 valence electrons. The van der Waals surface area contributed by atoms with Crippen LogP contribution in [0, 0.1) is 6.92 Å². The Morgan fingerprint density at radius 1 is 1.26 bits per heavy atom. The Morgan fingerprint density at radius 2 is 2.09 bits per heavy atom. The van der Waals surface area contributed by atoms with Gasteiger partial charge < -0.3 is 15.0 Å². The van der Waals surface area contributed by atoms with Crippen LogP contribution in [0.25, 0.3) is 5.69 Å². The first kappa shape index (κ1) is 14.8. The van der Waals surface area contributed by atoms with Crippen molar-refractivity contribution in [3.63, 3.8) is 0 Å². The monoisotopic (exact) mass is 307 g/mol. The van der Waals surface area contributed by atoms with Gasteiger partial charge in [0.1, 0.15) is 5.75 Å². The minimum absolute atomic E-state index is 0.0252. The van der Waals surface area contributed by atoms with Gasteiger partial charge in [-0.05, 0) is 36.2 Å². The lowest BCUT2D eigenvalue weighted by molar-refractivity contribution is 0.0948. The fraction of sp³-hybridized carbons (Fsp3) is 0.111. The van der Waals surface area contributed by atoms with Gasteiger partial charge in [0.15, 0.2) is 0 Å². The molecule has 0 aliphatic heterocycles. The zero-order valence-electron chi connectivity index (χ0n) is 12.7. The largest absolute Gasteiger partial charge is 0.507 e. The van der Waals surface area contributed by atoms with Gasteiger partial charge in [-0.1, -0.05) is 24.3 Å². The van der Waals surface area contributed by atoms with Crippen molar-refractivity contribution >= 4 is 5.91 Å². The highest BCUT2D eigenvalue weighted by Crippen LogP contribution is 2.21. The number of hydrogen-bond donors (Lipinski definition) is 2. The molecule has 0 atom stereocenters. The van der Waals surface area contributed by atoms with Crippen molar-refractivity contribution in [2.75, 3.05) is 0 Å². The lowest BCUT2D eigenvalue weighted by atomic mass is 10.1. The number of phenolic OH excluding ortho intramolecular Hbond substituents is 1. The van der Waals surface area contributed by atoms with Gasteiger partial charge in [-0.25, -0.2) is 4.98 Å². The maximum Gasteiger partial charge on any atom is 0.255 e. The number of carbonyl (C=O) groups excluding carboxylic acids is 1. The molecule has 3 rings (SSSR count). The highest BCUT2D eigenvalue weighted by atomic mass is 16.3. The van der Waals surface area contributed by atoms with Gasteiger partial charge in [0.25, 0.3) is 5.91 Å². The molecule has 0 bridgehead atoms. The molecule has 5 nitrogen and oxygen atoms in total. The molecule has 1 amide bonds. The first-order chi connectivity index (χ1) is 11.1. The van der Waals surface area contributed by atoms with Crippen molar-refractivity contribution in [2.45, 2.75) is 13.5 Å². The van der Waals surface area contributed by atoms with E-state index in [0.717, 1.165) is 11.3 Å². The summed E-state index contributed by atoms with van der Waals surface area (Å²) in [6.45, 7) is 2.15. The fourth-order valence-electron chi connectivity index (χ4n) is 2.36. The van der Waals surface area contributed by atoms with E-state index < -0.39 is 0 Å². The van der Waals surface area contributed by atoms with Crippen molar-refractivity contribution in [1.82, 2.24) is 14.9 Å². The molecule has 3 aromatic rings. The average molecular weight is 307 g/mol. The molecule has 23 heavy (non-hydrogen) atoms. The van der Waals surface area contributed by atoms with Gasteiger partial charge in [-0.3, -0.25) is 4.79 Å². The molecule has 0 saturated carbocycles. The molecule has 0 aliphatic carbocycles. The van der Waals surface area contributed by atoms with E-state index in [4.69, 9.17) is 0 Å². The summed E-state index contributed by atoms with van der Waals surface area (Å²) in [6.07, 6.45) is 5.31. The van der Waals surface area contributed by atoms with Crippen LogP contribution in [0.2, 0.25) is 0 Å². The average Bonchev–Trinajstić information content (AvgIpc) is 3.10. The number of nitrogens with one attached hydrogen (secondary N) is 1. The minimum atomic E-state index is -0.292. The fourth-order valence-corrected chi connectivity index (χ4v) is 2.36. The highest BCUT2D eigenvalue weighted by molar-refractivity contribution is 5.97. The maximum atomic E-state index is 12.2. The van der Waals surface area contributed by atoms with Crippen molar-refractivity contribution in [3.8, 4) is 11.4 Å². The van der Waals surface area contributed by atoms with E-state index in [0.29, 0.717) is 12.1 Å². The number of rotatable bonds is 4. The summed E-state index contributed by atoms with van der Waals surface area (Å²) in [5.41, 5.74) is 2.92.